The third-order valence-electron chi connectivity index (χ3n) is 2.17. The summed E-state index contributed by atoms with van der Waals surface area (Å²) in [7, 11) is 0. The summed E-state index contributed by atoms with van der Waals surface area (Å²) < 4.78 is 0. The summed E-state index contributed by atoms with van der Waals surface area (Å²) in [6.07, 6.45) is 3.42. The van der Waals surface area contributed by atoms with Gasteiger partial charge in [-0.2, -0.15) is 10.2 Å². The van der Waals surface area contributed by atoms with Crippen LogP contribution in [0.1, 0.15) is 13.8 Å². The van der Waals surface area contributed by atoms with Crippen LogP contribution < -0.4 is 10.7 Å². The SMILES string of the molecule is CCNC1=NN=C(C)/C1=N\Nc1cccnc1. The highest BCUT2D eigenvalue weighted by Gasteiger charge is 2.17. The number of aromatic nitrogens is 1. The highest BCUT2D eigenvalue weighted by Crippen LogP contribution is 2.04. The van der Waals surface area contributed by atoms with Crippen LogP contribution in [0.25, 0.3) is 0 Å². The predicted molar refractivity (Wildman–Crippen MR) is 69.5 cm³/mol. The number of nitrogens with zero attached hydrogens (tertiary/aromatic N) is 4. The van der Waals surface area contributed by atoms with E-state index in [9.17, 15) is 0 Å². The molecule has 0 amide bonds. The summed E-state index contributed by atoms with van der Waals surface area (Å²) in [5.74, 6) is 0.696. The minimum Gasteiger partial charge on any atom is -0.367 e. The van der Waals surface area contributed by atoms with Crippen molar-refractivity contribution >= 4 is 22.9 Å². The van der Waals surface area contributed by atoms with E-state index in [0.29, 0.717) is 5.84 Å². The topological polar surface area (TPSA) is 74.0 Å². The normalized spacial score (nSPS) is 16.7. The summed E-state index contributed by atoms with van der Waals surface area (Å²) in [6, 6.07) is 3.74. The summed E-state index contributed by atoms with van der Waals surface area (Å²) in [4.78, 5) is 4.00. The summed E-state index contributed by atoms with van der Waals surface area (Å²) in [6.45, 7) is 4.66. The van der Waals surface area contributed by atoms with Crippen molar-refractivity contribution in [3.63, 3.8) is 0 Å². The second kappa shape index (κ2) is 5.20. The highest BCUT2D eigenvalue weighted by molar-refractivity contribution is 6.69. The van der Waals surface area contributed by atoms with Gasteiger partial charge in [-0.3, -0.25) is 10.4 Å². The average molecular weight is 230 g/mol. The highest BCUT2D eigenvalue weighted by atomic mass is 15.3. The first-order valence-corrected chi connectivity index (χ1v) is 5.42. The molecule has 0 aliphatic carbocycles. The summed E-state index contributed by atoms with van der Waals surface area (Å²) in [5.41, 5.74) is 5.28. The third-order valence-corrected chi connectivity index (χ3v) is 2.17. The van der Waals surface area contributed by atoms with Crippen LogP contribution in [0.2, 0.25) is 0 Å². The van der Waals surface area contributed by atoms with Gasteiger partial charge in [0.25, 0.3) is 0 Å². The van der Waals surface area contributed by atoms with E-state index in [1.165, 1.54) is 0 Å². The Balaban J connectivity index is 2.10. The Morgan fingerprint density at radius 1 is 1.35 bits per heavy atom. The van der Waals surface area contributed by atoms with Crippen LogP contribution >= 0.6 is 0 Å². The molecule has 2 heterocycles. The Labute approximate surface area is 99.6 Å². The molecular weight excluding hydrogens is 216 g/mol. The zero-order valence-corrected chi connectivity index (χ0v) is 9.81. The smallest absolute Gasteiger partial charge is 0.178 e. The minimum absolute atomic E-state index is 0.696. The van der Waals surface area contributed by atoms with Gasteiger partial charge in [0.15, 0.2) is 11.5 Å². The molecule has 0 bridgehead atoms. The quantitative estimate of drug-likeness (QED) is 0.767. The number of pyridine rings is 1. The third kappa shape index (κ3) is 2.66. The van der Waals surface area contributed by atoms with Gasteiger partial charge in [0, 0.05) is 12.7 Å². The molecule has 0 radical (unpaired) electrons. The number of rotatable bonds is 3. The molecule has 2 N–H and O–H groups in total. The van der Waals surface area contributed by atoms with Crippen LogP contribution in [-0.4, -0.2) is 28.8 Å². The van der Waals surface area contributed by atoms with Crippen molar-refractivity contribution in [3.8, 4) is 0 Å². The van der Waals surface area contributed by atoms with Gasteiger partial charge in [0.05, 0.1) is 17.6 Å². The average Bonchev–Trinajstić information content (AvgIpc) is 2.70. The molecule has 0 saturated heterocycles. The first-order chi connectivity index (χ1) is 8.31. The molecule has 1 aromatic rings. The molecule has 2 rings (SSSR count). The second-order valence-electron chi connectivity index (χ2n) is 3.48. The molecule has 6 heteroatoms. The van der Waals surface area contributed by atoms with E-state index in [0.717, 1.165) is 23.7 Å². The van der Waals surface area contributed by atoms with Gasteiger partial charge >= 0.3 is 0 Å². The largest absolute Gasteiger partial charge is 0.367 e. The summed E-state index contributed by atoms with van der Waals surface area (Å²) in [5, 5.41) is 15.4. The second-order valence-corrected chi connectivity index (χ2v) is 3.48. The van der Waals surface area contributed by atoms with Crippen LogP contribution in [0.15, 0.2) is 39.8 Å². The lowest BCUT2D eigenvalue weighted by molar-refractivity contribution is 0.969. The fourth-order valence-corrected chi connectivity index (χ4v) is 1.36. The maximum atomic E-state index is 4.28. The van der Waals surface area contributed by atoms with Crippen LogP contribution in [0, 0.1) is 0 Å². The summed E-state index contributed by atoms with van der Waals surface area (Å²) >= 11 is 0. The number of hydrogen-bond acceptors (Lipinski definition) is 6. The Kier molecular flexibility index (Phi) is 3.44. The number of hydrazone groups is 1. The lowest BCUT2D eigenvalue weighted by atomic mass is 10.2. The maximum absolute atomic E-state index is 4.28. The Hall–Kier alpha value is -2.24. The van der Waals surface area contributed by atoms with Crippen molar-refractivity contribution in [1.29, 1.82) is 0 Å². The van der Waals surface area contributed by atoms with Crippen molar-refractivity contribution in [1.82, 2.24) is 10.3 Å². The van der Waals surface area contributed by atoms with Gasteiger partial charge in [-0.15, -0.1) is 5.10 Å². The number of amidine groups is 1. The Morgan fingerprint density at radius 2 is 2.24 bits per heavy atom. The molecule has 1 aliphatic heterocycles. The van der Waals surface area contributed by atoms with Gasteiger partial charge in [0.2, 0.25) is 0 Å². The number of hydrogen-bond donors (Lipinski definition) is 2. The van der Waals surface area contributed by atoms with E-state index in [-0.39, 0.29) is 0 Å². The van der Waals surface area contributed by atoms with Crippen molar-refractivity contribution in [2.24, 2.45) is 15.3 Å². The van der Waals surface area contributed by atoms with Gasteiger partial charge in [-0.1, -0.05) is 0 Å². The zero-order valence-electron chi connectivity index (χ0n) is 9.81. The molecule has 0 aromatic carbocycles. The maximum Gasteiger partial charge on any atom is 0.178 e. The van der Waals surface area contributed by atoms with E-state index < -0.39 is 0 Å². The lowest BCUT2D eigenvalue weighted by Crippen LogP contribution is -2.32. The molecule has 0 unspecified atom stereocenters. The Bertz CT molecular complexity index is 474. The van der Waals surface area contributed by atoms with Gasteiger partial charge in [0.1, 0.15) is 0 Å². The molecule has 1 aromatic heterocycles. The van der Waals surface area contributed by atoms with Crippen LogP contribution in [0.4, 0.5) is 5.69 Å². The monoisotopic (exact) mass is 230 g/mol. The van der Waals surface area contributed by atoms with Crippen LogP contribution in [-0.2, 0) is 0 Å². The Morgan fingerprint density at radius 3 is 2.94 bits per heavy atom. The van der Waals surface area contributed by atoms with E-state index in [2.05, 4.69) is 31.0 Å². The molecule has 17 heavy (non-hydrogen) atoms. The van der Waals surface area contributed by atoms with Crippen molar-refractivity contribution < 1.29 is 0 Å². The van der Waals surface area contributed by atoms with Crippen LogP contribution in [0.3, 0.4) is 0 Å². The first-order valence-electron chi connectivity index (χ1n) is 5.42. The first kappa shape index (κ1) is 11.3. The molecular formula is C11H14N6. The number of nitrogens with one attached hydrogen (secondary N) is 2. The van der Waals surface area contributed by atoms with E-state index in [4.69, 9.17) is 0 Å². The molecule has 0 saturated carbocycles. The molecule has 1 aliphatic rings. The molecule has 0 spiro atoms. The number of anilines is 1. The van der Waals surface area contributed by atoms with Crippen molar-refractivity contribution in [2.75, 3.05) is 12.0 Å². The van der Waals surface area contributed by atoms with E-state index in [1.54, 1.807) is 12.4 Å². The molecule has 6 nitrogen and oxygen atoms in total. The van der Waals surface area contributed by atoms with E-state index >= 15 is 0 Å². The fraction of sp³-hybridized carbons (Fsp3) is 0.273. The van der Waals surface area contributed by atoms with Gasteiger partial charge < -0.3 is 5.32 Å². The van der Waals surface area contributed by atoms with Crippen molar-refractivity contribution in [3.05, 3.63) is 24.5 Å². The van der Waals surface area contributed by atoms with Crippen LogP contribution in [0.5, 0.6) is 0 Å². The minimum atomic E-state index is 0.696. The molecule has 0 fully saturated rings. The standard InChI is InChI=1S/C11H14N6/c1-3-13-11-10(8(2)14-17-11)16-15-9-5-4-6-12-7-9/h4-7,15H,3H2,1-2H3,(H,13,16,17). The van der Waals surface area contributed by atoms with Crippen molar-refractivity contribution in [2.45, 2.75) is 13.8 Å². The lowest BCUT2D eigenvalue weighted by Gasteiger charge is -2.05. The zero-order chi connectivity index (χ0) is 12.1. The van der Waals surface area contributed by atoms with Gasteiger partial charge in [-0.05, 0) is 26.0 Å². The molecule has 88 valence electrons. The fourth-order valence-electron chi connectivity index (χ4n) is 1.36. The van der Waals surface area contributed by atoms with E-state index in [1.807, 2.05) is 26.0 Å². The molecule has 0 atom stereocenters. The van der Waals surface area contributed by atoms with Gasteiger partial charge in [-0.25, -0.2) is 0 Å². The predicted octanol–water partition coefficient (Wildman–Crippen LogP) is 1.25.